The van der Waals surface area contributed by atoms with E-state index in [2.05, 4.69) is 47.5 Å². The lowest BCUT2D eigenvalue weighted by molar-refractivity contribution is -0.118. The Labute approximate surface area is 258 Å². The highest BCUT2D eigenvalue weighted by atomic mass is 79.9. The van der Waals surface area contributed by atoms with Crippen LogP contribution in [0.3, 0.4) is 0 Å². The first kappa shape index (κ1) is 29.2. The summed E-state index contributed by atoms with van der Waals surface area (Å²) in [6.07, 6.45) is 4.82. The van der Waals surface area contributed by atoms with Gasteiger partial charge in [0.15, 0.2) is 5.82 Å². The van der Waals surface area contributed by atoms with Crippen molar-refractivity contribution < 1.29 is 9.59 Å². The van der Waals surface area contributed by atoms with Crippen molar-refractivity contribution in [3.8, 4) is 0 Å². The zero-order valence-corrected chi connectivity index (χ0v) is 25.8. The Kier molecular flexibility index (Phi) is 9.34. The summed E-state index contributed by atoms with van der Waals surface area (Å²) in [6, 6.07) is 19.2. The van der Waals surface area contributed by atoms with Crippen molar-refractivity contribution in [2.75, 3.05) is 25.1 Å². The van der Waals surface area contributed by atoms with E-state index in [0.29, 0.717) is 30.6 Å². The van der Waals surface area contributed by atoms with Crippen molar-refractivity contribution in [1.29, 1.82) is 0 Å². The lowest BCUT2D eigenvalue weighted by Gasteiger charge is -2.26. The number of hydrogen-bond donors (Lipinski definition) is 2. The first-order valence-electron chi connectivity index (χ1n) is 13.1. The minimum Gasteiger partial charge on any atom is -0.319 e. The molecule has 0 bridgehead atoms. The third kappa shape index (κ3) is 6.95. The molecule has 210 valence electrons. The van der Waals surface area contributed by atoms with Crippen LogP contribution >= 0.6 is 43.5 Å². The highest BCUT2D eigenvalue weighted by molar-refractivity contribution is 9.11. The molecule has 8 nitrogen and oxygen atoms in total. The van der Waals surface area contributed by atoms with E-state index in [4.69, 9.17) is 16.6 Å². The second-order valence-electron chi connectivity index (χ2n) is 9.63. The SMILES string of the molecule is O=C(CN1CCCCC1)Nn1c(/C(=C/c2ccccc2Cl)NC(=O)c2ccccc2)nc2c(Br)cc(Br)cc2c1=O. The van der Waals surface area contributed by atoms with Crippen molar-refractivity contribution in [3.63, 3.8) is 0 Å². The number of carbonyl (C=O) groups excluding carboxylic acids is 2. The van der Waals surface area contributed by atoms with Gasteiger partial charge in [-0.05, 0) is 83.8 Å². The highest BCUT2D eigenvalue weighted by Gasteiger charge is 2.22. The predicted octanol–water partition coefficient (Wildman–Crippen LogP) is 6.06. The molecular formula is C30H26Br2ClN5O3. The summed E-state index contributed by atoms with van der Waals surface area (Å²) in [6.45, 7) is 1.76. The lowest BCUT2D eigenvalue weighted by atomic mass is 10.1. The molecule has 2 amide bonds. The molecule has 1 aliphatic rings. The maximum Gasteiger partial charge on any atom is 0.280 e. The van der Waals surface area contributed by atoms with Gasteiger partial charge < -0.3 is 5.32 Å². The van der Waals surface area contributed by atoms with Crippen molar-refractivity contribution in [3.05, 3.63) is 108 Å². The Morgan fingerprint density at radius 3 is 2.41 bits per heavy atom. The molecule has 0 saturated carbocycles. The van der Waals surface area contributed by atoms with Crippen LogP contribution < -0.4 is 16.3 Å². The Hall–Kier alpha value is -3.31. The van der Waals surface area contributed by atoms with Crippen LogP contribution in [0.2, 0.25) is 5.02 Å². The van der Waals surface area contributed by atoms with E-state index in [1.54, 1.807) is 60.7 Å². The molecule has 11 heteroatoms. The van der Waals surface area contributed by atoms with E-state index in [0.717, 1.165) is 37.0 Å². The smallest absolute Gasteiger partial charge is 0.280 e. The van der Waals surface area contributed by atoms with E-state index in [1.165, 1.54) is 0 Å². The number of nitrogens with zero attached hydrogens (tertiary/aromatic N) is 3. The standard InChI is InChI=1S/C30H26Br2ClN5O3/c31-21-16-22-27(23(32)17-21)35-28(38(30(22)41)36-26(39)18-37-13-7-2-8-14-37)25(15-20-11-5-6-12-24(20)33)34-29(40)19-9-3-1-4-10-19/h1,3-6,9-12,15-17H,2,7-8,13-14,18H2,(H,34,40)(H,36,39)/b25-15-. The largest absolute Gasteiger partial charge is 0.319 e. The van der Waals surface area contributed by atoms with Crippen LogP contribution in [0.1, 0.15) is 41.0 Å². The number of piperidine rings is 1. The molecule has 1 aromatic heterocycles. The number of aromatic nitrogens is 2. The second kappa shape index (κ2) is 13.1. The number of likely N-dealkylation sites (tertiary alicyclic amines) is 1. The van der Waals surface area contributed by atoms with Crippen LogP contribution in [0.4, 0.5) is 0 Å². The molecule has 5 rings (SSSR count). The minimum atomic E-state index is -0.502. The van der Waals surface area contributed by atoms with Crippen molar-refractivity contribution in [1.82, 2.24) is 19.9 Å². The monoisotopic (exact) mass is 697 g/mol. The van der Waals surface area contributed by atoms with Crippen LogP contribution in [0.5, 0.6) is 0 Å². The normalized spacial score (nSPS) is 14.2. The van der Waals surface area contributed by atoms with Gasteiger partial charge in [0.05, 0.1) is 23.1 Å². The number of carbonyl (C=O) groups is 2. The van der Waals surface area contributed by atoms with Crippen LogP contribution in [-0.2, 0) is 4.79 Å². The van der Waals surface area contributed by atoms with E-state index >= 15 is 0 Å². The molecule has 1 fully saturated rings. The number of fused-ring (bicyclic) bond motifs is 1. The Bertz CT molecular complexity index is 1700. The zero-order valence-electron chi connectivity index (χ0n) is 21.9. The molecule has 41 heavy (non-hydrogen) atoms. The Morgan fingerprint density at radius 2 is 1.68 bits per heavy atom. The van der Waals surface area contributed by atoms with Gasteiger partial charge in [-0.1, -0.05) is 70.3 Å². The third-order valence-electron chi connectivity index (χ3n) is 6.67. The molecule has 0 aliphatic carbocycles. The van der Waals surface area contributed by atoms with Gasteiger partial charge >= 0.3 is 0 Å². The predicted molar refractivity (Wildman–Crippen MR) is 169 cm³/mol. The molecule has 4 aromatic rings. The topological polar surface area (TPSA) is 96.3 Å². The van der Waals surface area contributed by atoms with E-state index in [1.807, 2.05) is 12.1 Å². The number of benzene rings is 3. The average Bonchev–Trinajstić information content (AvgIpc) is 2.96. The number of nitrogens with one attached hydrogen (secondary N) is 2. The fourth-order valence-electron chi connectivity index (χ4n) is 4.67. The van der Waals surface area contributed by atoms with Crippen LogP contribution in [0.25, 0.3) is 22.7 Å². The second-order valence-corrected chi connectivity index (χ2v) is 11.8. The summed E-state index contributed by atoms with van der Waals surface area (Å²) >= 11 is 13.4. The number of rotatable bonds is 7. The lowest BCUT2D eigenvalue weighted by Crippen LogP contribution is -2.43. The van der Waals surface area contributed by atoms with Gasteiger partial charge in [-0.25, -0.2) is 4.98 Å². The maximum absolute atomic E-state index is 13.9. The average molecular weight is 700 g/mol. The molecule has 1 saturated heterocycles. The summed E-state index contributed by atoms with van der Waals surface area (Å²) in [5, 5.41) is 3.61. The highest BCUT2D eigenvalue weighted by Crippen LogP contribution is 2.27. The summed E-state index contributed by atoms with van der Waals surface area (Å²) in [4.78, 5) is 47.4. The van der Waals surface area contributed by atoms with Gasteiger partial charge in [0.1, 0.15) is 0 Å². The summed E-state index contributed by atoms with van der Waals surface area (Å²) < 4.78 is 2.33. The molecular weight excluding hydrogens is 674 g/mol. The van der Waals surface area contributed by atoms with Gasteiger partial charge in [0.2, 0.25) is 0 Å². The Morgan fingerprint density at radius 1 is 0.976 bits per heavy atom. The third-order valence-corrected chi connectivity index (χ3v) is 8.08. The molecule has 2 heterocycles. The first-order valence-corrected chi connectivity index (χ1v) is 15.0. The zero-order chi connectivity index (χ0) is 28.9. The van der Waals surface area contributed by atoms with E-state index in [-0.39, 0.29) is 29.4 Å². The molecule has 0 atom stereocenters. The molecule has 3 aromatic carbocycles. The first-order chi connectivity index (χ1) is 19.8. The van der Waals surface area contributed by atoms with E-state index < -0.39 is 11.5 Å². The summed E-state index contributed by atoms with van der Waals surface area (Å²) in [7, 11) is 0. The van der Waals surface area contributed by atoms with Gasteiger partial charge in [0, 0.05) is 19.5 Å². The number of amides is 2. The molecule has 0 radical (unpaired) electrons. The summed E-state index contributed by atoms with van der Waals surface area (Å²) in [5.74, 6) is -0.738. The fraction of sp³-hybridized carbons (Fsp3) is 0.200. The van der Waals surface area contributed by atoms with Gasteiger partial charge in [-0.15, -0.1) is 0 Å². The van der Waals surface area contributed by atoms with Gasteiger partial charge in [0.25, 0.3) is 17.4 Å². The van der Waals surface area contributed by atoms with Crippen LogP contribution in [0, 0.1) is 0 Å². The van der Waals surface area contributed by atoms with Crippen LogP contribution in [-0.4, -0.2) is 46.0 Å². The number of hydrogen-bond acceptors (Lipinski definition) is 5. The minimum absolute atomic E-state index is 0.0433. The fourth-order valence-corrected chi connectivity index (χ4v) is 6.17. The summed E-state index contributed by atoms with van der Waals surface area (Å²) in [5.41, 5.74) is 3.80. The maximum atomic E-state index is 13.9. The van der Waals surface area contributed by atoms with Crippen LogP contribution in [0.15, 0.2) is 80.5 Å². The van der Waals surface area contributed by atoms with Crippen molar-refractivity contribution >= 4 is 78.0 Å². The molecule has 2 N–H and O–H groups in total. The Balaban J connectivity index is 1.67. The van der Waals surface area contributed by atoms with Gasteiger partial charge in [-0.2, -0.15) is 4.68 Å². The molecule has 0 spiro atoms. The van der Waals surface area contributed by atoms with Crippen molar-refractivity contribution in [2.45, 2.75) is 19.3 Å². The molecule has 0 unspecified atom stereocenters. The molecule has 1 aliphatic heterocycles. The van der Waals surface area contributed by atoms with Crippen molar-refractivity contribution in [2.24, 2.45) is 0 Å². The number of halogens is 3. The van der Waals surface area contributed by atoms with E-state index in [9.17, 15) is 14.4 Å². The quantitative estimate of drug-likeness (QED) is 0.245. The van der Waals surface area contributed by atoms with Gasteiger partial charge in [-0.3, -0.25) is 24.7 Å².